The molecule has 2 heterocycles. The molecule has 5 nitrogen and oxygen atoms in total. The average molecular weight is 300 g/mol. The third kappa shape index (κ3) is 3.75. The van der Waals surface area contributed by atoms with Crippen molar-refractivity contribution in [3.05, 3.63) is 60.1 Å². The molecule has 0 radical (unpaired) electrons. The van der Waals surface area contributed by atoms with Crippen molar-refractivity contribution in [2.24, 2.45) is 0 Å². The highest BCUT2D eigenvalue weighted by Gasteiger charge is 2.21. The second-order valence-corrected chi connectivity index (χ2v) is 5.30. The van der Waals surface area contributed by atoms with Crippen LogP contribution in [0.5, 0.6) is 0 Å². The van der Waals surface area contributed by atoms with Gasteiger partial charge in [0.15, 0.2) is 5.76 Å². The summed E-state index contributed by atoms with van der Waals surface area (Å²) in [5.74, 6) is 0.182. The molecule has 1 amide bonds. The smallest absolute Gasteiger partial charge is 0.287 e. The zero-order chi connectivity index (χ0) is 15.2. The third-order valence-electron chi connectivity index (χ3n) is 3.78. The summed E-state index contributed by atoms with van der Waals surface area (Å²) in [6, 6.07) is 13.6. The molecule has 3 rings (SSSR count). The summed E-state index contributed by atoms with van der Waals surface area (Å²) >= 11 is 0. The largest absolute Gasteiger partial charge is 0.459 e. The van der Waals surface area contributed by atoms with Crippen molar-refractivity contribution in [1.29, 1.82) is 0 Å². The molecule has 1 N–H and O–H groups in total. The van der Waals surface area contributed by atoms with Gasteiger partial charge in [0.25, 0.3) is 5.91 Å². The zero-order valence-electron chi connectivity index (χ0n) is 12.4. The number of nitrogens with zero attached hydrogens (tertiary/aromatic N) is 1. The summed E-state index contributed by atoms with van der Waals surface area (Å²) in [5.41, 5.74) is 1.20. The number of carbonyl (C=O) groups excluding carboxylic acids is 1. The fourth-order valence-electron chi connectivity index (χ4n) is 2.60. The topological polar surface area (TPSA) is 54.7 Å². The molecule has 116 valence electrons. The van der Waals surface area contributed by atoms with Crippen LogP contribution in [0.4, 0.5) is 0 Å². The maximum absolute atomic E-state index is 11.8. The van der Waals surface area contributed by atoms with Crippen molar-refractivity contribution in [2.45, 2.75) is 6.10 Å². The lowest BCUT2D eigenvalue weighted by Crippen LogP contribution is -2.42. The number of amides is 1. The van der Waals surface area contributed by atoms with Crippen molar-refractivity contribution in [3.8, 4) is 0 Å². The van der Waals surface area contributed by atoms with E-state index in [2.05, 4.69) is 22.3 Å². The Balaban J connectivity index is 1.46. The Morgan fingerprint density at radius 1 is 1.23 bits per heavy atom. The Hall–Kier alpha value is -2.11. The maximum atomic E-state index is 11.8. The van der Waals surface area contributed by atoms with Gasteiger partial charge in [-0.1, -0.05) is 30.3 Å². The van der Waals surface area contributed by atoms with Gasteiger partial charge in [-0.3, -0.25) is 9.69 Å². The second-order valence-electron chi connectivity index (χ2n) is 5.30. The molecular formula is C17H20N2O3. The molecule has 1 aliphatic heterocycles. The van der Waals surface area contributed by atoms with Gasteiger partial charge in [0.1, 0.15) is 0 Å². The first kappa shape index (κ1) is 14.8. The maximum Gasteiger partial charge on any atom is 0.287 e. The van der Waals surface area contributed by atoms with Gasteiger partial charge in [-0.2, -0.15) is 0 Å². The standard InChI is InChI=1S/C17H20N2O3/c20-17(15-7-4-11-21-15)18-8-9-19-10-12-22-16(13-19)14-5-2-1-3-6-14/h1-7,11,16H,8-10,12-13H2,(H,18,20)/t16-/m1/s1. The van der Waals surface area contributed by atoms with Gasteiger partial charge in [-0.25, -0.2) is 0 Å². The molecule has 1 atom stereocenters. The summed E-state index contributed by atoms with van der Waals surface area (Å²) in [7, 11) is 0. The molecule has 1 aliphatic rings. The summed E-state index contributed by atoms with van der Waals surface area (Å²) < 4.78 is 10.9. The molecule has 22 heavy (non-hydrogen) atoms. The number of furan rings is 1. The molecule has 0 bridgehead atoms. The molecule has 1 aromatic heterocycles. The number of hydrogen-bond acceptors (Lipinski definition) is 4. The molecule has 1 saturated heterocycles. The van der Waals surface area contributed by atoms with Crippen LogP contribution < -0.4 is 5.32 Å². The number of morpholine rings is 1. The van der Waals surface area contributed by atoms with Crippen LogP contribution in [0, 0.1) is 0 Å². The van der Waals surface area contributed by atoms with Crippen molar-refractivity contribution in [3.63, 3.8) is 0 Å². The Morgan fingerprint density at radius 2 is 2.09 bits per heavy atom. The van der Waals surface area contributed by atoms with Crippen LogP contribution >= 0.6 is 0 Å². The Kier molecular flexibility index (Phi) is 4.88. The summed E-state index contributed by atoms with van der Waals surface area (Å²) in [4.78, 5) is 14.1. The number of nitrogens with one attached hydrogen (secondary N) is 1. The van der Waals surface area contributed by atoms with Gasteiger partial charge in [-0.15, -0.1) is 0 Å². The zero-order valence-corrected chi connectivity index (χ0v) is 12.4. The lowest BCUT2D eigenvalue weighted by molar-refractivity contribution is -0.0293. The van der Waals surface area contributed by atoms with E-state index in [0.717, 1.165) is 19.6 Å². The van der Waals surface area contributed by atoms with E-state index in [-0.39, 0.29) is 12.0 Å². The highest BCUT2D eigenvalue weighted by atomic mass is 16.5. The predicted octanol–water partition coefficient (Wildman–Crippen LogP) is 2.08. The molecule has 1 aromatic carbocycles. The molecule has 0 aliphatic carbocycles. The van der Waals surface area contributed by atoms with E-state index >= 15 is 0 Å². The first-order valence-electron chi connectivity index (χ1n) is 7.53. The Bertz CT molecular complexity index is 583. The molecule has 0 spiro atoms. The van der Waals surface area contributed by atoms with Crippen molar-refractivity contribution in [1.82, 2.24) is 10.2 Å². The van der Waals surface area contributed by atoms with Crippen LogP contribution in [0.2, 0.25) is 0 Å². The van der Waals surface area contributed by atoms with Crippen molar-refractivity contribution in [2.75, 3.05) is 32.8 Å². The number of rotatable bonds is 5. The van der Waals surface area contributed by atoms with Gasteiger partial charge in [0.05, 0.1) is 19.0 Å². The lowest BCUT2D eigenvalue weighted by Gasteiger charge is -2.33. The minimum absolute atomic E-state index is 0.107. The SMILES string of the molecule is O=C(NCCN1CCO[C@@H](c2ccccc2)C1)c1ccco1. The van der Waals surface area contributed by atoms with E-state index in [4.69, 9.17) is 9.15 Å². The van der Waals surface area contributed by atoms with Crippen LogP contribution in [0.25, 0.3) is 0 Å². The fourth-order valence-corrected chi connectivity index (χ4v) is 2.60. The lowest BCUT2D eigenvalue weighted by atomic mass is 10.1. The highest BCUT2D eigenvalue weighted by molar-refractivity contribution is 5.91. The fraction of sp³-hybridized carbons (Fsp3) is 0.353. The minimum atomic E-state index is -0.169. The monoisotopic (exact) mass is 300 g/mol. The first-order chi connectivity index (χ1) is 10.8. The van der Waals surface area contributed by atoms with Gasteiger partial charge in [-0.05, 0) is 17.7 Å². The quantitative estimate of drug-likeness (QED) is 0.918. The number of ether oxygens (including phenoxy) is 1. The first-order valence-corrected chi connectivity index (χ1v) is 7.53. The number of hydrogen-bond donors (Lipinski definition) is 1. The summed E-state index contributed by atoms with van der Waals surface area (Å²) in [6.45, 7) is 3.85. The van der Waals surface area contributed by atoms with Crippen molar-refractivity contribution >= 4 is 5.91 Å². The Labute approximate surface area is 129 Å². The normalized spacial score (nSPS) is 19.0. The summed E-state index contributed by atoms with van der Waals surface area (Å²) in [5, 5.41) is 2.87. The molecule has 2 aromatic rings. The van der Waals surface area contributed by atoms with E-state index in [9.17, 15) is 4.79 Å². The van der Waals surface area contributed by atoms with E-state index in [0.29, 0.717) is 18.9 Å². The van der Waals surface area contributed by atoms with Gasteiger partial charge in [0, 0.05) is 26.2 Å². The van der Waals surface area contributed by atoms with E-state index in [1.807, 2.05) is 18.2 Å². The molecule has 5 heteroatoms. The average Bonchev–Trinajstić information content (AvgIpc) is 3.10. The predicted molar refractivity (Wildman–Crippen MR) is 82.6 cm³/mol. The van der Waals surface area contributed by atoms with Crippen LogP contribution in [0.1, 0.15) is 22.2 Å². The molecule has 0 unspecified atom stereocenters. The van der Waals surface area contributed by atoms with E-state index in [1.54, 1.807) is 12.1 Å². The molecular weight excluding hydrogens is 280 g/mol. The van der Waals surface area contributed by atoms with Gasteiger partial charge < -0.3 is 14.5 Å². The van der Waals surface area contributed by atoms with Gasteiger partial charge >= 0.3 is 0 Å². The third-order valence-corrected chi connectivity index (χ3v) is 3.78. The highest BCUT2D eigenvalue weighted by Crippen LogP contribution is 2.21. The second kappa shape index (κ2) is 7.24. The van der Waals surface area contributed by atoms with Crippen LogP contribution in [-0.4, -0.2) is 43.6 Å². The van der Waals surface area contributed by atoms with Crippen LogP contribution in [0.3, 0.4) is 0 Å². The summed E-state index contributed by atoms with van der Waals surface area (Å²) in [6.07, 6.45) is 1.61. The number of benzene rings is 1. The van der Waals surface area contributed by atoms with E-state index < -0.39 is 0 Å². The van der Waals surface area contributed by atoms with Crippen LogP contribution in [0.15, 0.2) is 53.1 Å². The van der Waals surface area contributed by atoms with Crippen molar-refractivity contribution < 1.29 is 13.9 Å². The molecule has 0 saturated carbocycles. The number of carbonyl (C=O) groups is 1. The Morgan fingerprint density at radius 3 is 2.86 bits per heavy atom. The minimum Gasteiger partial charge on any atom is -0.459 e. The van der Waals surface area contributed by atoms with Gasteiger partial charge in [0.2, 0.25) is 0 Å². The van der Waals surface area contributed by atoms with E-state index in [1.165, 1.54) is 11.8 Å². The molecule has 1 fully saturated rings. The van der Waals surface area contributed by atoms with Crippen LogP contribution in [-0.2, 0) is 4.74 Å².